The van der Waals surface area contributed by atoms with Gasteiger partial charge in [0, 0.05) is 12.5 Å². The van der Waals surface area contributed by atoms with Gasteiger partial charge in [0.15, 0.2) is 0 Å². The van der Waals surface area contributed by atoms with Crippen molar-refractivity contribution < 1.29 is 4.42 Å². The van der Waals surface area contributed by atoms with Crippen molar-refractivity contribution in [2.24, 2.45) is 5.41 Å². The first-order valence-electron chi connectivity index (χ1n) is 6.27. The van der Waals surface area contributed by atoms with Crippen molar-refractivity contribution in [2.45, 2.75) is 53.0 Å². The minimum absolute atomic E-state index is 0.359. The summed E-state index contributed by atoms with van der Waals surface area (Å²) < 4.78 is 5.42. The fraction of sp³-hybridized carbons (Fsp3) is 0.714. The average molecular weight is 223 g/mol. The van der Waals surface area contributed by atoms with Crippen molar-refractivity contribution >= 4 is 0 Å². The Morgan fingerprint density at radius 1 is 1.38 bits per heavy atom. The molecular weight excluding hydrogens is 198 g/mol. The molecule has 0 bridgehead atoms. The summed E-state index contributed by atoms with van der Waals surface area (Å²) >= 11 is 0. The lowest BCUT2D eigenvalue weighted by Gasteiger charge is -2.26. The lowest BCUT2D eigenvalue weighted by atomic mass is 9.86. The third-order valence-corrected chi connectivity index (χ3v) is 2.57. The summed E-state index contributed by atoms with van der Waals surface area (Å²) in [5.74, 6) is 1.08. The van der Waals surface area contributed by atoms with Crippen LogP contribution in [-0.4, -0.2) is 12.6 Å². The SMILES string of the molecule is CCCNC(Cc1ccco1)CC(C)(C)C. The van der Waals surface area contributed by atoms with Crippen LogP contribution in [0, 0.1) is 5.41 Å². The summed E-state index contributed by atoms with van der Waals surface area (Å²) in [6, 6.07) is 4.54. The minimum Gasteiger partial charge on any atom is -0.469 e. The van der Waals surface area contributed by atoms with E-state index in [9.17, 15) is 0 Å². The van der Waals surface area contributed by atoms with Crippen LogP contribution >= 0.6 is 0 Å². The van der Waals surface area contributed by atoms with E-state index in [4.69, 9.17) is 4.42 Å². The summed E-state index contributed by atoms with van der Waals surface area (Å²) in [7, 11) is 0. The maximum Gasteiger partial charge on any atom is 0.105 e. The van der Waals surface area contributed by atoms with Gasteiger partial charge in [-0.3, -0.25) is 0 Å². The molecular formula is C14H25NO. The largest absolute Gasteiger partial charge is 0.469 e. The Hall–Kier alpha value is -0.760. The molecule has 0 saturated carbocycles. The Bertz CT molecular complexity index is 271. The maximum absolute atomic E-state index is 5.42. The molecule has 92 valence electrons. The van der Waals surface area contributed by atoms with E-state index in [2.05, 4.69) is 39.1 Å². The molecule has 0 radical (unpaired) electrons. The van der Waals surface area contributed by atoms with Gasteiger partial charge in [-0.1, -0.05) is 27.7 Å². The zero-order valence-electron chi connectivity index (χ0n) is 11.0. The van der Waals surface area contributed by atoms with Gasteiger partial charge in [0.2, 0.25) is 0 Å². The predicted molar refractivity (Wildman–Crippen MR) is 68.6 cm³/mol. The van der Waals surface area contributed by atoms with Crippen LogP contribution < -0.4 is 5.32 Å². The van der Waals surface area contributed by atoms with Gasteiger partial charge >= 0.3 is 0 Å². The molecule has 1 aromatic heterocycles. The van der Waals surface area contributed by atoms with Gasteiger partial charge in [0.1, 0.15) is 5.76 Å². The molecule has 1 N–H and O–H groups in total. The van der Waals surface area contributed by atoms with Crippen LogP contribution in [0.2, 0.25) is 0 Å². The molecule has 0 saturated heterocycles. The number of hydrogen-bond acceptors (Lipinski definition) is 2. The van der Waals surface area contributed by atoms with E-state index in [0.717, 1.165) is 18.7 Å². The predicted octanol–water partition coefficient (Wildman–Crippen LogP) is 3.63. The van der Waals surface area contributed by atoms with Crippen LogP contribution in [0.3, 0.4) is 0 Å². The molecule has 0 amide bonds. The van der Waals surface area contributed by atoms with E-state index in [1.54, 1.807) is 6.26 Å². The number of hydrogen-bond donors (Lipinski definition) is 1. The lowest BCUT2D eigenvalue weighted by molar-refractivity contribution is 0.297. The van der Waals surface area contributed by atoms with Crippen molar-refractivity contribution in [2.75, 3.05) is 6.54 Å². The van der Waals surface area contributed by atoms with Gasteiger partial charge in [-0.25, -0.2) is 0 Å². The van der Waals surface area contributed by atoms with Crippen molar-refractivity contribution in [1.29, 1.82) is 0 Å². The van der Waals surface area contributed by atoms with E-state index in [1.165, 1.54) is 12.8 Å². The standard InChI is InChI=1S/C14H25NO/c1-5-8-15-12(11-14(2,3)4)10-13-7-6-9-16-13/h6-7,9,12,15H,5,8,10-11H2,1-4H3. The van der Waals surface area contributed by atoms with Crippen LogP contribution in [0.15, 0.2) is 22.8 Å². The molecule has 16 heavy (non-hydrogen) atoms. The molecule has 0 aromatic carbocycles. The Labute approximate surface area is 99.4 Å². The van der Waals surface area contributed by atoms with Crippen molar-refractivity contribution in [3.05, 3.63) is 24.2 Å². The van der Waals surface area contributed by atoms with Crippen molar-refractivity contribution in [3.63, 3.8) is 0 Å². The van der Waals surface area contributed by atoms with E-state index in [0.29, 0.717) is 11.5 Å². The Balaban J connectivity index is 2.50. The van der Waals surface area contributed by atoms with Crippen LogP contribution in [-0.2, 0) is 6.42 Å². The van der Waals surface area contributed by atoms with Gasteiger partial charge in [0.05, 0.1) is 6.26 Å². The molecule has 1 unspecified atom stereocenters. The monoisotopic (exact) mass is 223 g/mol. The van der Waals surface area contributed by atoms with Gasteiger partial charge in [-0.05, 0) is 36.9 Å². The fourth-order valence-corrected chi connectivity index (χ4v) is 1.98. The third kappa shape index (κ3) is 5.36. The normalized spacial score (nSPS) is 14.0. The highest BCUT2D eigenvalue weighted by Crippen LogP contribution is 2.22. The lowest BCUT2D eigenvalue weighted by Crippen LogP contribution is -2.35. The summed E-state index contributed by atoms with van der Waals surface area (Å²) in [5, 5.41) is 3.60. The number of rotatable bonds is 6. The van der Waals surface area contributed by atoms with Gasteiger partial charge in [0.25, 0.3) is 0 Å². The molecule has 2 heteroatoms. The minimum atomic E-state index is 0.359. The zero-order chi connectivity index (χ0) is 12.0. The first-order valence-corrected chi connectivity index (χ1v) is 6.27. The smallest absolute Gasteiger partial charge is 0.105 e. The maximum atomic E-state index is 5.42. The summed E-state index contributed by atoms with van der Waals surface area (Å²) in [5.41, 5.74) is 0.359. The molecule has 2 nitrogen and oxygen atoms in total. The van der Waals surface area contributed by atoms with Gasteiger partial charge in [-0.15, -0.1) is 0 Å². The quantitative estimate of drug-likeness (QED) is 0.796. The molecule has 0 aliphatic carbocycles. The van der Waals surface area contributed by atoms with Crippen LogP contribution in [0.4, 0.5) is 0 Å². The van der Waals surface area contributed by atoms with E-state index >= 15 is 0 Å². The van der Waals surface area contributed by atoms with Crippen LogP contribution in [0.25, 0.3) is 0 Å². The molecule has 0 fully saturated rings. The topological polar surface area (TPSA) is 25.2 Å². The second-order valence-electron chi connectivity index (χ2n) is 5.70. The van der Waals surface area contributed by atoms with Crippen LogP contribution in [0.5, 0.6) is 0 Å². The first-order chi connectivity index (χ1) is 7.51. The number of nitrogens with one attached hydrogen (secondary N) is 1. The second-order valence-corrected chi connectivity index (χ2v) is 5.70. The Morgan fingerprint density at radius 2 is 2.12 bits per heavy atom. The van der Waals surface area contributed by atoms with E-state index in [-0.39, 0.29) is 0 Å². The third-order valence-electron chi connectivity index (χ3n) is 2.57. The molecule has 0 spiro atoms. The second kappa shape index (κ2) is 6.09. The Morgan fingerprint density at radius 3 is 2.62 bits per heavy atom. The van der Waals surface area contributed by atoms with Crippen LogP contribution in [0.1, 0.15) is 46.3 Å². The molecule has 1 heterocycles. The van der Waals surface area contributed by atoms with Crippen molar-refractivity contribution in [3.8, 4) is 0 Å². The molecule has 1 aromatic rings. The highest BCUT2D eigenvalue weighted by Gasteiger charge is 2.19. The van der Waals surface area contributed by atoms with E-state index in [1.807, 2.05) is 6.07 Å². The zero-order valence-corrected chi connectivity index (χ0v) is 11.0. The van der Waals surface area contributed by atoms with Gasteiger partial charge in [-0.2, -0.15) is 0 Å². The average Bonchev–Trinajstić information content (AvgIpc) is 2.64. The fourth-order valence-electron chi connectivity index (χ4n) is 1.98. The number of furan rings is 1. The highest BCUT2D eigenvalue weighted by atomic mass is 16.3. The summed E-state index contributed by atoms with van der Waals surface area (Å²) in [4.78, 5) is 0. The summed E-state index contributed by atoms with van der Waals surface area (Å²) in [6.07, 6.45) is 5.10. The van der Waals surface area contributed by atoms with Crippen molar-refractivity contribution in [1.82, 2.24) is 5.32 Å². The highest BCUT2D eigenvalue weighted by molar-refractivity contribution is 5.00. The van der Waals surface area contributed by atoms with Gasteiger partial charge < -0.3 is 9.73 Å². The Kier molecular flexibility index (Phi) is 5.07. The molecule has 1 atom stereocenters. The molecule has 0 aliphatic heterocycles. The summed E-state index contributed by atoms with van der Waals surface area (Å²) in [6.45, 7) is 10.1. The first kappa shape index (κ1) is 13.3. The molecule has 1 rings (SSSR count). The van der Waals surface area contributed by atoms with E-state index < -0.39 is 0 Å². The molecule has 0 aliphatic rings.